The Labute approximate surface area is 138 Å². The summed E-state index contributed by atoms with van der Waals surface area (Å²) >= 11 is 0. The van der Waals surface area contributed by atoms with E-state index in [9.17, 15) is 14.4 Å². The second-order valence-electron chi connectivity index (χ2n) is 5.84. The third-order valence-corrected chi connectivity index (χ3v) is 4.09. The van der Waals surface area contributed by atoms with Gasteiger partial charge in [0, 0.05) is 11.3 Å². The van der Waals surface area contributed by atoms with Crippen LogP contribution in [0.25, 0.3) is 0 Å². The first kappa shape index (κ1) is 16.0. The van der Waals surface area contributed by atoms with Gasteiger partial charge in [0.1, 0.15) is 17.1 Å². The standard InChI is InChI=1S/C18H17NO5/c1-9-6-14(11(3)24-9)18(22)23-8-16(20)12-4-5-15-13(7-12)10(2)17(21)19-15/h4-7,10H,8H2,1-3H3,(H,19,21)/t10-/m0/s1. The van der Waals surface area contributed by atoms with Gasteiger partial charge in [-0.2, -0.15) is 0 Å². The van der Waals surface area contributed by atoms with Gasteiger partial charge in [-0.1, -0.05) is 0 Å². The van der Waals surface area contributed by atoms with Crippen molar-refractivity contribution >= 4 is 23.3 Å². The maximum absolute atomic E-state index is 12.3. The summed E-state index contributed by atoms with van der Waals surface area (Å²) in [7, 11) is 0. The Kier molecular flexibility index (Phi) is 3.97. The molecule has 0 spiro atoms. The molecular formula is C18H17NO5. The van der Waals surface area contributed by atoms with Gasteiger partial charge in [-0.05, 0) is 50.6 Å². The van der Waals surface area contributed by atoms with Crippen LogP contribution in [-0.4, -0.2) is 24.3 Å². The van der Waals surface area contributed by atoms with Gasteiger partial charge >= 0.3 is 5.97 Å². The van der Waals surface area contributed by atoms with E-state index in [1.54, 1.807) is 45.0 Å². The van der Waals surface area contributed by atoms with Crippen molar-refractivity contribution in [1.29, 1.82) is 0 Å². The lowest BCUT2D eigenvalue weighted by Gasteiger charge is -2.06. The number of carbonyl (C=O) groups excluding carboxylic acids is 3. The number of nitrogens with one attached hydrogen (secondary N) is 1. The lowest BCUT2D eigenvalue weighted by atomic mass is 9.99. The SMILES string of the molecule is Cc1cc(C(=O)OCC(=O)c2ccc3c(c2)[C@H](C)C(=O)N3)c(C)o1. The molecule has 6 heteroatoms. The van der Waals surface area contributed by atoms with Crippen LogP contribution in [0.2, 0.25) is 0 Å². The minimum absolute atomic E-state index is 0.0909. The topological polar surface area (TPSA) is 85.6 Å². The van der Waals surface area contributed by atoms with E-state index < -0.39 is 5.97 Å². The average Bonchev–Trinajstić information content (AvgIpc) is 3.03. The van der Waals surface area contributed by atoms with E-state index >= 15 is 0 Å². The van der Waals surface area contributed by atoms with Gasteiger partial charge in [0.25, 0.3) is 0 Å². The summed E-state index contributed by atoms with van der Waals surface area (Å²) in [5.74, 6) is -0.241. The molecule has 0 saturated heterocycles. The molecule has 2 aromatic rings. The smallest absolute Gasteiger partial charge is 0.342 e. The Hall–Kier alpha value is -2.89. The van der Waals surface area contributed by atoms with Gasteiger partial charge in [0.2, 0.25) is 5.91 Å². The number of ether oxygens (including phenoxy) is 1. The highest BCUT2D eigenvalue weighted by Crippen LogP contribution is 2.32. The molecule has 124 valence electrons. The first-order valence-electron chi connectivity index (χ1n) is 7.59. The van der Waals surface area contributed by atoms with Crippen LogP contribution < -0.4 is 5.32 Å². The normalized spacial score (nSPS) is 15.8. The zero-order valence-corrected chi connectivity index (χ0v) is 13.6. The summed E-state index contributed by atoms with van der Waals surface area (Å²) in [5, 5.41) is 2.75. The zero-order chi connectivity index (χ0) is 17.4. The van der Waals surface area contributed by atoms with Gasteiger partial charge in [-0.15, -0.1) is 0 Å². The zero-order valence-electron chi connectivity index (χ0n) is 13.6. The molecule has 0 saturated carbocycles. The number of rotatable bonds is 4. The molecule has 1 amide bonds. The summed E-state index contributed by atoms with van der Waals surface area (Å²) < 4.78 is 10.3. The molecule has 1 aromatic carbocycles. The molecule has 1 atom stereocenters. The van der Waals surface area contributed by atoms with Gasteiger partial charge in [-0.3, -0.25) is 9.59 Å². The minimum Gasteiger partial charge on any atom is -0.466 e. The predicted molar refractivity (Wildman–Crippen MR) is 86.3 cm³/mol. The number of hydrogen-bond donors (Lipinski definition) is 1. The fourth-order valence-electron chi connectivity index (χ4n) is 2.72. The second kappa shape index (κ2) is 5.96. The number of esters is 1. The number of amides is 1. The van der Waals surface area contributed by atoms with Crippen molar-refractivity contribution in [2.45, 2.75) is 26.7 Å². The highest BCUT2D eigenvalue weighted by atomic mass is 16.5. The Morgan fingerprint density at radius 1 is 1.25 bits per heavy atom. The van der Waals surface area contributed by atoms with Crippen LogP contribution in [0.15, 0.2) is 28.7 Å². The number of carbonyl (C=O) groups is 3. The van der Waals surface area contributed by atoms with Crippen LogP contribution in [0.1, 0.15) is 50.6 Å². The summed E-state index contributed by atoms with van der Waals surface area (Å²) in [6.45, 7) is 4.81. The predicted octanol–water partition coefficient (Wildman–Crippen LogP) is 2.99. The average molecular weight is 327 g/mol. The summed E-state index contributed by atoms with van der Waals surface area (Å²) in [6.07, 6.45) is 0. The van der Waals surface area contributed by atoms with Gasteiger partial charge in [0.05, 0.1) is 5.92 Å². The van der Waals surface area contributed by atoms with E-state index in [0.717, 1.165) is 5.56 Å². The van der Waals surface area contributed by atoms with Crippen LogP contribution in [0, 0.1) is 13.8 Å². The second-order valence-corrected chi connectivity index (χ2v) is 5.84. The monoisotopic (exact) mass is 327 g/mol. The summed E-state index contributed by atoms with van der Waals surface area (Å²) in [5.41, 5.74) is 2.21. The van der Waals surface area contributed by atoms with E-state index in [-0.39, 0.29) is 24.2 Å². The quantitative estimate of drug-likeness (QED) is 0.689. The number of Topliss-reactive ketones (excluding diaryl/α,β-unsaturated/α-hetero) is 1. The van der Waals surface area contributed by atoms with Gasteiger partial charge in [-0.25, -0.2) is 4.79 Å². The van der Waals surface area contributed by atoms with Crippen LogP contribution in [0.4, 0.5) is 5.69 Å². The molecule has 0 radical (unpaired) electrons. The molecule has 6 nitrogen and oxygen atoms in total. The van der Waals surface area contributed by atoms with Crippen molar-refractivity contribution in [3.05, 3.63) is 52.5 Å². The molecule has 1 N–H and O–H groups in total. The molecule has 24 heavy (non-hydrogen) atoms. The molecule has 0 aliphatic carbocycles. The molecule has 1 aromatic heterocycles. The first-order valence-corrected chi connectivity index (χ1v) is 7.59. The highest BCUT2D eigenvalue weighted by Gasteiger charge is 2.27. The lowest BCUT2D eigenvalue weighted by molar-refractivity contribution is -0.116. The van der Waals surface area contributed by atoms with Gasteiger partial charge in [0.15, 0.2) is 12.4 Å². The largest absolute Gasteiger partial charge is 0.466 e. The number of anilines is 1. The van der Waals surface area contributed by atoms with Crippen molar-refractivity contribution in [2.75, 3.05) is 11.9 Å². The van der Waals surface area contributed by atoms with Crippen molar-refractivity contribution in [3.8, 4) is 0 Å². The number of hydrogen-bond acceptors (Lipinski definition) is 5. The van der Waals surface area contributed by atoms with Crippen LogP contribution >= 0.6 is 0 Å². The van der Waals surface area contributed by atoms with E-state index in [1.807, 2.05) is 0 Å². The van der Waals surface area contributed by atoms with Crippen molar-refractivity contribution < 1.29 is 23.5 Å². The van der Waals surface area contributed by atoms with E-state index in [2.05, 4.69) is 5.32 Å². The number of benzene rings is 1. The molecule has 0 bridgehead atoms. The third kappa shape index (κ3) is 2.82. The van der Waals surface area contributed by atoms with Crippen LogP contribution in [0.3, 0.4) is 0 Å². The van der Waals surface area contributed by atoms with Crippen molar-refractivity contribution in [3.63, 3.8) is 0 Å². The van der Waals surface area contributed by atoms with Crippen LogP contribution in [0.5, 0.6) is 0 Å². The van der Waals surface area contributed by atoms with E-state index in [0.29, 0.717) is 28.3 Å². The Bertz CT molecular complexity index is 849. The molecule has 3 rings (SSSR count). The number of furan rings is 1. The van der Waals surface area contributed by atoms with E-state index in [1.165, 1.54) is 0 Å². The maximum atomic E-state index is 12.3. The van der Waals surface area contributed by atoms with Crippen molar-refractivity contribution in [2.24, 2.45) is 0 Å². The fourth-order valence-corrected chi connectivity index (χ4v) is 2.72. The maximum Gasteiger partial charge on any atom is 0.342 e. The van der Waals surface area contributed by atoms with Crippen LogP contribution in [-0.2, 0) is 9.53 Å². The first-order chi connectivity index (χ1) is 11.4. The molecule has 2 heterocycles. The number of aryl methyl sites for hydroxylation is 2. The number of ketones is 1. The Morgan fingerprint density at radius 2 is 2.00 bits per heavy atom. The van der Waals surface area contributed by atoms with E-state index in [4.69, 9.17) is 9.15 Å². The molecule has 1 aliphatic heterocycles. The van der Waals surface area contributed by atoms with Gasteiger partial charge < -0.3 is 14.5 Å². The molecule has 0 fully saturated rings. The Balaban J connectivity index is 1.69. The lowest BCUT2D eigenvalue weighted by Crippen LogP contribution is -2.14. The summed E-state index contributed by atoms with van der Waals surface area (Å²) in [6, 6.07) is 6.55. The minimum atomic E-state index is -0.593. The molecule has 1 aliphatic rings. The molecule has 0 unspecified atom stereocenters. The molecular weight excluding hydrogens is 310 g/mol. The van der Waals surface area contributed by atoms with Crippen molar-refractivity contribution in [1.82, 2.24) is 0 Å². The number of fused-ring (bicyclic) bond motifs is 1. The summed E-state index contributed by atoms with van der Waals surface area (Å²) in [4.78, 5) is 35.9. The highest BCUT2D eigenvalue weighted by molar-refractivity contribution is 6.05. The fraction of sp³-hybridized carbons (Fsp3) is 0.278. The Morgan fingerprint density at radius 3 is 2.67 bits per heavy atom. The third-order valence-electron chi connectivity index (χ3n) is 4.09.